The summed E-state index contributed by atoms with van der Waals surface area (Å²) >= 11 is 0. The van der Waals surface area contributed by atoms with Crippen LogP contribution in [0.15, 0.2) is 54.6 Å². The molecule has 0 aliphatic rings. The third-order valence-electron chi connectivity index (χ3n) is 2.24. The molecule has 2 aromatic carbocycles. The van der Waals surface area contributed by atoms with Gasteiger partial charge in [0.05, 0.1) is 0 Å². The number of hydrogen-bond acceptors (Lipinski definition) is 0. The van der Waals surface area contributed by atoms with Crippen molar-refractivity contribution in [2.75, 3.05) is 0 Å². The minimum atomic E-state index is 0.990. The molecule has 0 aliphatic carbocycles. The van der Waals surface area contributed by atoms with Gasteiger partial charge in [0.25, 0.3) is 0 Å². The molecular formula is C14H13. The van der Waals surface area contributed by atoms with Gasteiger partial charge in [-0.05, 0) is 30.0 Å². The van der Waals surface area contributed by atoms with Crippen LogP contribution in [0.2, 0.25) is 0 Å². The molecule has 0 unspecified atom stereocenters. The van der Waals surface area contributed by atoms with Crippen molar-refractivity contribution < 1.29 is 0 Å². The molecule has 2 aromatic rings. The van der Waals surface area contributed by atoms with Crippen LogP contribution in [0.25, 0.3) is 0 Å². The Balaban J connectivity index is 2.19. The minimum absolute atomic E-state index is 0.990. The topological polar surface area (TPSA) is 0 Å². The molecule has 0 spiro atoms. The van der Waals surface area contributed by atoms with Crippen LogP contribution in [0.1, 0.15) is 16.7 Å². The molecular weight excluding hydrogens is 168 g/mol. The zero-order valence-corrected chi connectivity index (χ0v) is 8.11. The van der Waals surface area contributed by atoms with E-state index < -0.39 is 0 Å². The van der Waals surface area contributed by atoms with Gasteiger partial charge in [0.15, 0.2) is 0 Å². The molecule has 14 heavy (non-hydrogen) atoms. The molecule has 0 N–H and O–H groups in total. The Labute approximate surface area is 85.2 Å². The van der Waals surface area contributed by atoms with Gasteiger partial charge in [0, 0.05) is 0 Å². The van der Waals surface area contributed by atoms with E-state index >= 15 is 0 Å². The standard InChI is InChI=1S/C14H13/c1-12-6-5-9-14(10-12)11-13-7-3-2-4-8-13/h2-10H,1,11H2. The second-order valence-electron chi connectivity index (χ2n) is 3.48. The first-order valence-electron chi connectivity index (χ1n) is 4.79. The van der Waals surface area contributed by atoms with Gasteiger partial charge in [-0.15, -0.1) is 0 Å². The van der Waals surface area contributed by atoms with E-state index in [1.807, 2.05) is 12.1 Å². The molecule has 0 amide bonds. The van der Waals surface area contributed by atoms with E-state index in [2.05, 4.69) is 49.4 Å². The Morgan fingerprint density at radius 1 is 0.786 bits per heavy atom. The molecule has 0 nitrogen and oxygen atoms in total. The SMILES string of the molecule is [CH2]c1cccc(Cc2ccccc2)c1. The molecule has 0 fully saturated rings. The highest BCUT2D eigenvalue weighted by Gasteiger charge is 1.94. The van der Waals surface area contributed by atoms with Crippen molar-refractivity contribution in [1.82, 2.24) is 0 Å². The van der Waals surface area contributed by atoms with Gasteiger partial charge >= 0.3 is 0 Å². The maximum atomic E-state index is 3.92. The Bertz CT molecular complexity index is 401. The summed E-state index contributed by atoms with van der Waals surface area (Å²) in [6, 6.07) is 18.8. The van der Waals surface area contributed by atoms with Crippen LogP contribution in [0, 0.1) is 6.92 Å². The molecule has 0 atom stereocenters. The first kappa shape index (κ1) is 9.01. The highest BCUT2D eigenvalue weighted by Crippen LogP contribution is 2.10. The van der Waals surface area contributed by atoms with E-state index in [-0.39, 0.29) is 0 Å². The van der Waals surface area contributed by atoms with Crippen LogP contribution in [0.4, 0.5) is 0 Å². The van der Waals surface area contributed by atoms with E-state index in [4.69, 9.17) is 0 Å². The summed E-state index contributed by atoms with van der Waals surface area (Å²) in [6.45, 7) is 3.92. The largest absolute Gasteiger partial charge is 0.0622 e. The van der Waals surface area contributed by atoms with E-state index in [0.717, 1.165) is 12.0 Å². The maximum absolute atomic E-state index is 3.92. The molecule has 0 aromatic heterocycles. The van der Waals surface area contributed by atoms with Gasteiger partial charge < -0.3 is 0 Å². The summed E-state index contributed by atoms with van der Waals surface area (Å²) < 4.78 is 0. The van der Waals surface area contributed by atoms with E-state index in [9.17, 15) is 0 Å². The van der Waals surface area contributed by atoms with Crippen LogP contribution in [0.5, 0.6) is 0 Å². The zero-order chi connectivity index (χ0) is 9.80. The highest BCUT2D eigenvalue weighted by molar-refractivity contribution is 5.30. The van der Waals surface area contributed by atoms with Crippen LogP contribution >= 0.6 is 0 Å². The Kier molecular flexibility index (Phi) is 2.64. The third-order valence-corrected chi connectivity index (χ3v) is 2.24. The van der Waals surface area contributed by atoms with Gasteiger partial charge in [-0.3, -0.25) is 0 Å². The van der Waals surface area contributed by atoms with Gasteiger partial charge in [-0.2, -0.15) is 0 Å². The van der Waals surface area contributed by atoms with Crippen molar-refractivity contribution in [2.24, 2.45) is 0 Å². The molecule has 0 heteroatoms. The van der Waals surface area contributed by atoms with Crippen molar-refractivity contribution >= 4 is 0 Å². The number of hydrogen-bond donors (Lipinski definition) is 0. The molecule has 0 aliphatic heterocycles. The predicted molar refractivity (Wildman–Crippen MR) is 60.1 cm³/mol. The fourth-order valence-electron chi connectivity index (χ4n) is 1.57. The Morgan fingerprint density at radius 2 is 1.50 bits per heavy atom. The van der Waals surface area contributed by atoms with Gasteiger partial charge in [0.1, 0.15) is 0 Å². The van der Waals surface area contributed by atoms with Crippen molar-refractivity contribution in [2.45, 2.75) is 6.42 Å². The average Bonchev–Trinajstić information content (AvgIpc) is 2.19. The molecule has 2 rings (SSSR count). The van der Waals surface area contributed by atoms with Crippen LogP contribution in [-0.4, -0.2) is 0 Å². The normalized spacial score (nSPS) is 10.1. The predicted octanol–water partition coefficient (Wildman–Crippen LogP) is 3.46. The summed E-state index contributed by atoms with van der Waals surface area (Å²) in [7, 11) is 0. The number of rotatable bonds is 2. The van der Waals surface area contributed by atoms with E-state index in [0.29, 0.717) is 0 Å². The smallest absolute Gasteiger partial charge is 0.00257 e. The van der Waals surface area contributed by atoms with Gasteiger partial charge in [0.2, 0.25) is 0 Å². The molecule has 0 saturated carbocycles. The summed E-state index contributed by atoms with van der Waals surface area (Å²) in [5, 5.41) is 0. The monoisotopic (exact) mass is 181 g/mol. The van der Waals surface area contributed by atoms with Crippen LogP contribution in [-0.2, 0) is 6.42 Å². The fourth-order valence-corrected chi connectivity index (χ4v) is 1.57. The number of benzene rings is 2. The van der Waals surface area contributed by atoms with Crippen LogP contribution in [0.3, 0.4) is 0 Å². The fraction of sp³-hybridized carbons (Fsp3) is 0.0714. The zero-order valence-electron chi connectivity index (χ0n) is 8.11. The second kappa shape index (κ2) is 4.10. The maximum Gasteiger partial charge on any atom is -0.00257 e. The second-order valence-corrected chi connectivity index (χ2v) is 3.48. The molecule has 69 valence electrons. The average molecular weight is 181 g/mol. The lowest BCUT2D eigenvalue weighted by molar-refractivity contribution is 1.19. The molecule has 0 saturated heterocycles. The van der Waals surface area contributed by atoms with Crippen molar-refractivity contribution in [3.8, 4) is 0 Å². The van der Waals surface area contributed by atoms with Gasteiger partial charge in [-0.1, -0.05) is 54.6 Å². The first-order valence-corrected chi connectivity index (χ1v) is 4.79. The lowest BCUT2D eigenvalue weighted by Gasteiger charge is -2.02. The summed E-state index contributed by atoms with van der Waals surface area (Å²) in [4.78, 5) is 0. The summed E-state index contributed by atoms with van der Waals surface area (Å²) in [5.41, 5.74) is 3.75. The first-order chi connectivity index (χ1) is 6.84. The van der Waals surface area contributed by atoms with Gasteiger partial charge in [-0.25, -0.2) is 0 Å². The summed E-state index contributed by atoms with van der Waals surface area (Å²) in [5.74, 6) is 0. The lowest BCUT2D eigenvalue weighted by atomic mass is 10.0. The van der Waals surface area contributed by atoms with Crippen molar-refractivity contribution in [1.29, 1.82) is 0 Å². The van der Waals surface area contributed by atoms with Crippen LogP contribution < -0.4 is 0 Å². The van der Waals surface area contributed by atoms with Crippen molar-refractivity contribution in [3.63, 3.8) is 0 Å². The quantitative estimate of drug-likeness (QED) is 0.665. The molecule has 0 heterocycles. The van der Waals surface area contributed by atoms with E-state index in [1.54, 1.807) is 0 Å². The summed E-state index contributed by atoms with van der Waals surface area (Å²) in [6.07, 6.45) is 0.990. The molecule has 1 radical (unpaired) electrons. The Hall–Kier alpha value is -1.56. The minimum Gasteiger partial charge on any atom is -0.0622 e. The lowest BCUT2D eigenvalue weighted by Crippen LogP contribution is -1.87. The highest BCUT2D eigenvalue weighted by atomic mass is 14.0. The van der Waals surface area contributed by atoms with E-state index in [1.165, 1.54) is 11.1 Å². The molecule has 0 bridgehead atoms. The third kappa shape index (κ3) is 2.23. The van der Waals surface area contributed by atoms with Crippen molar-refractivity contribution in [3.05, 3.63) is 78.2 Å². The Morgan fingerprint density at radius 3 is 2.21 bits per heavy atom.